The SMILES string of the molecule is CC1OC(CI)C(O)C1O. The Labute approximate surface area is 73.5 Å². The fourth-order valence-electron chi connectivity index (χ4n) is 1.06. The van der Waals surface area contributed by atoms with Crippen LogP contribution in [-0.2, 0) is 4.74 Å². The lowest BCUT2D eigenvalue weighted by atomic mass is 10.1. The standard InChI is InChI=1S/C6H11IO3/c1-3-5(8)6(9)4(2-7)10-3/h3-6,8-9H,2H2,1H3. The van der Waals surface area contributed by atoms with Crippen LogP contribution in [0.1, 0.15) is 6.92 Å². The largest absolute Gasteiger partial charge is 0.388 e. The van der Waals surface area contributed by atoms with Crippen LogP contribution in [0.3, 0.4) is 0 Å². The second-order valence-electron chi connectivity index (χ2n) is 2.52. The third-order valence-electron chi connectivity index (χ3n) is 1.75. The maximum Gasteiger partial charge on any atom is 0.109 e. The van der Waals surface area contributed by atoms with Gasteiger partial charge in [-0.15, -0.1) is 0 Å². The molecule has 4 heteroatoms. The summed E-state index contributed by atoms with van der Waals surface area (Å²) in [5.74, 6) is 0. The summed E-state index contributed by atoms with van der Waals surface area (Å²) in [6.45, 7) is 1.76. The first-order chi connectivity index (χ1) is 4.66. The quantitative estimate of drug-likeness (QED) is 0.511. The summed E-state index contributed by atoms with van der Waals surface area (Å²) in [4.78, 5) is 0. The molecule has 0 amide bonds. The van der Waals surface area contributed by atoms with Gasteiger partial charge in [0.25, 0.3) is 0 Å². The van der Waals surface area contributed by atoms with Crippen LogP contribution in [0.4, 0.5) is 0 Å². The summed E-state index contributed by atoms with van der Waals surface area (Å²) in [6, 6.07) is 0. The number of aliphatic hydroxyl groups is 2. The molecular weight excluding hydrogens is 247 g/mol. The monoisotopic (exact) mass is 258 g/mol. The molecule has 1 fully saturated rings. The Morgan fingerprint density at radius 2 is 2.00 bits per heavy atom. The number of ether oxygens (including phenoxy) is 1. The highest BCUT2D eigenvalue weighted by Gasteiger charge is 2.39. The van der Waals surface area contributed by atoms with E-state index in [1.807, 2.05) is 0 Å². The number of hydrogen-bond acceptors (Lipinski definition) is 3. The number of aliphatic hydroxyl groups excluding tert-OH is 2. The molecule has 2 N–H and O–H groups in total. The van der Waals surface area contributed by atoms with Crippen molar-refractivity contribution in [3.63, 3.8) is 0 Å². The first-order valence-electron chi connectivity index (χ1n) is 3.24. The molecule has 0 aromatic carbocycles. The molecule has 0 aliphatic carbocycles. The molecule has 1 aliphatic rings. The smallest absolute Gasteiger partial charge is 0.109 e. The van der Waals surface area contributed by atoms with E-state index in [1.54, 1.807) is 6.92 Å². The third kappa shape index (κ3) is 1.44. The normalized spacial score (nSPS) is 48.0. The average molecular weight is 258 g/mol. The van der Waals surface area contributed by atoms with Crippen LogP contribution in [0.25, 0.3) is 0 Å². The lowest BCUT2D eigenvalue weighted by Crippen LogP contribution is -2.32. The van der Waals surface area contributed by atoms with Crippen molar-refractivity contribution in [2.45, 2.75) is 31.3 Å². The summed E-state index contributed by atoms with van der Waals surface area (Å²) in [7, 11) is 0. The van der Waals surface area contributed by atoms with Gasteiger partial charge in [0, 0.05) is 4.43 Å². The molecule has 0 radical (unpaired) electrons. The molecule has 1 saturated heterocycles. The average Bonchev–Trinajstić information content (AvgIpc) is 2.17. The topological polar surface area (TPSA) is 49.7 Å². The van der Waals surface area contributed by atoms with Gasteiger partial charge in [0.05, 0.1) is 12.2 Å². The Morgan fingerprint density at radius 3 is 2.20 bits per heavy atom. The van der Waals surface area contributed by atoms with Gasteiger partial charge in [-0.3, -0.25) is 0 Å². The fraction of sp³-hybridized carbons (Fsp3) is 1.00. The van der Waals surface area contributed by atoms with Crippen LogP contribution in [0.2, 0.25) is 0 Å². The van der Waals surface area contributed by atoms with Crippen molar-refractivity contribution in [2.75, 3.05) is 4.43 Å². The summed E-state index contributed by atoms with van der Waals surface area (Å²) in [6.07, 6.45) is -1.83. The lowest BCUT2D eigenvalue weighted by Gasteiger charge is -2.10. The fourth-order valence-corrected chi connectivity index (χ4v) is 1.79. The van der Waals surface area contributed by atoms with Gasteiger partial charge >= 0.3 is 0 Å². The molecule has 4 unspecified atom stereocenters. The first-order valence-corrected chi connectivity index (χ1v) is 4.77. The molecule has 10 heavy (non-hydrogen) atoms. The second-order valence-corrected chi connectivity index (χ2v) is 3.40. The zero-order valence-electron chi connectivity index (χ0n) is 5.70. The zero-order valence-corrected chi connectivity index (χ0v) is 7.85. The minimum absolute atomic E-state index is 0.189. The molecule has 0 spiro atoms. The number of rotatable bonds is 1. The molecule has 4 atom stereocenters. The van der Waals surface area contributed by atoms with Crippen molar-refractivity contribution in [3.05, 3.63) is 0 Å². The van der Waals surface area contributed by atoms with Gasteiger partial charge in [-0.05, 0) is 6.92 Å². The predicted molar refractivity (Wildman–Crippen MR) is 45.2 cm³/mol. The van der Waals surface area contributed by atoms with E-state index >= 15 is 0 Å². The van der Waals surface area contributed by atoms with Gasteiger partial charge in [-0.2, -0.15) is 0 Å². The van der Waals surface area contributed by atoms with Crippen molar-refractivity contribution >= 4 is 22.6 Å². The predicted octanol–water partition coefficient (Wildman–Crippen LogP) is -0.0695. The molecule has 3 nitrogen and oxygen atoms in total. The third-order valence-corrected chi connectivity index (χ3v) is 2.62. The Kier molecular flexibility index (Phi) is 2.91. The molecule has 0 aromatic heterocycles. The van der Waals surface area contributed by atoms with E-state index in [0.717, 1.165) is 4.43 Å². The minimum atomic E-state index is -0.709. The van der Waals surface area contributed by atoms with E-state index < -0.39 is 12.2 Å². The van der Waals surface area contributed by atoms with E-state index in [-0.39, 0.29) is 12.2 Å². The Morgan fingerprint density at radius 1 is 1.40 bits per heavy atom. The van der Waals surface area contributed by atoms with Crippen LogP contribution in [-0.4, -0.2) is 39.1 Å². The van der Waals surface area contributed by atoms with Gasteiger partial charge in [0.2, 0.25) is 0 Å². The molecule has 60 valence electrons. The van der Waals surface area contributed by atoms with Gasteiger partial charge < -0.3 is 14.9 Å². The Bertz CT molecular complexity index is 120. The van der Waals surface area contributed by atoms with Gasteiger partial charge in [-0.25, -0.2) is 0 Å². The van der Waals surface area contributed by atoms with Crippen molar-refractivity contribution in [1.82, 2.24) is 0 Å². The Hall–Kier alpha value is 0.610. The van der Waals surface area contributed by atoms with Crippen LogP contribution in [0.15, 0.2) is 0 Å². The second kappa shape index (κ2) is 3.34. The molecule has 1 heterocycles. The minimum Gasteiger partial charge on any atom is -0.388 e. The maximum atomic E-state index is 9.25. The summed E-state index contributed by atoms with van der Waals surface area (Å²) in [5, 5.41) is 18.4. The number of alkyl halides is 1. The van der Waals surface area contributed by atoms with Gasteiger partial charge in [-0.1, -0.05) is 22.6 Å². The molecule has 0 saturated carbocycles. The lowest BCUT2D eigenvalue weighted by molar-refractivity contribution is 0.0308. The van der Waals surface area contributed by atoms with Crippen molar-refractivity contribution in [3.8, 4) is 0 Å². The summed E-state index contributed by atoms with van der Waals surface area (Å²) in [5.41, 5.74) is 0. The summed E-state index contributed by atoms with van der Waals surface area (Å²) < 4.78 is 5.95. The molecule has 0 aromatic rings. The summed E-state index contributed by atoms with van der Waals surface area (Å²) >= 11 is 2.13. The Balaban J connectivity index is 2.53. The van der Waals surface area contributed by atoms with Crippen LogP contribution in [0.5, 0.6) is 0 Å². The van der Waals surface area contributed by atoms with E-state index in [9.17, 15) is 10.2 Å². The molecular formula is C6H11IO3. The van der Waals surface area contributed by atoms with E-state index in [0.29, 0.717) is 0 Å². The van der Waals surface area contributed by atoms with Crippen LogP contribution < -0.4 is 0 Å². The highest BCUT2D eigenvalue weighted by atomic mass is 127. The zero-order chi connectivity index (χ0) is 7.72. The van der Waals surface area contributed by atoms with E-state index in [1.165, 1.54) is 0 Å². The van der Waals surface area contributed by atoms with Crippen molar-refractivity contribution in [1.29, 1.82) is 0 Å². The maximum absolute atomic E-state index is 9.25. The molecule has 0 bridgehead atoms. The number of hydrogen-bond donors (Lipinski definition) is 2. The van der Waals surface area contributed by atoms with Gasteiger partial charge in [0.15, 0.2) is 0 Å². The van der Waals surface area contributed by atoms with Crippen molar-refractivity contribution in [2.24, 2.45) is 0 Å². The van der Waals surface area contributed by atoms with E-state index in [4.69, 9.17) is 4.74 Å². The molecule has 1 rings (SSSR count). The number of halogens is 1. The van der Waals surface area contributed by atoms with Crippen LogP contribution in [0, 0.1) is 0 Å². The van der Waals surface area contributed by atoms with Gasteiger partial charge in [0.1, 0.15) is 12.2 Å². The van der Waals surface area contributed by atoms with Crippen molar-refractivity contribution < 1.29 is 14.9 Å². The highest BCUT2D eigenvalue weighted by Crippen LogP contribution is 2.21. The first kappa shape index (κ1) is 8.70. The highest BCUT2D eigenvalue weighted by molar-refractivity contribution is 14.1. The molecule has 1 aliphatic heterocycles. The van der Waals surface area contributed by atoms with Crippen LogP contribution >= 0.6 is 22.6 Å². The van der Waals surface area contributed by atoms with E-state index in [2.05, 4.69) is 22.6 Å².